The third-order valence-electron chi connectivity index (χ3n) is 2.52. The number of carbonyl (C=O) groups excluding carboxylic acids is 1. The molecule has 1 rings (SSSR count). The Labute approximate surface area is 120 Å². The number of rotatable bonds is 7. The molecule has 1 aromatic rings. The van der Waals surface area contributed by atoms with Crippen molar-refractivity contribution in [2.75, 3.05) is 19.7 Å². The number of hydrogen-bond acceptors (Lipinski definition) is 3. The summed E-state index contributed by atoms with van der Waals surface area (Å²) in [5, 5.41) is 14.3. The van der Waals surface area contributed by atoms with Gasteiger partial charge in [-0.1, -0.05) is 6.92 Å². The molecule has 4 nitrogen and oxygen atoms in total. The molecule has 0 bridgehead atoms. The Kier molecular flexibility index (Phi) is 7.31. The minimum atomic E-state index is -0.143. The highest BCUT2D eigenvalue weighted by Gasteiger charge is 2.04. The molecule has 0 aliphatic rings. The van der Waals surface area contributed by atoms with E-state index in [4.69, 9.17) is 5.11 Å². The summed E-state index contributed by atoms with van der Waals surface area (Å²) in [5.41, 5.74) is 0. The number of aliphatic hydroxyl groups is 1. The van der Waals surface area contributed by atoms with E-state index in [0.717, 1.165) is 10.2 Å². The van der Waals surface area contributed by atoms with E-state index in [1.165, 1.54) is 4.88 Å². The standard InChI is InChI=1S/C12H19BrN2O2S/c1-9(5-7-16)8-15-12(17)14-6-4-10-2-3-11(13)18-10/h2-3,9,16H,4-8H2,1H3,(H2,14,15,17). The second kappa shape index (κ2) is 8.50. The van der Waals surface area contributed by atoms with Crippen LogP contribution in [-0.2, 0) is 6.42 Å². The third-order valence-corrected chi connectivity index (χ3v) is 4.20. The van der Waals surface area contributed by atoms with Crippen LogP contribution in [0.1, 0.15) is 18.2 Å². The number of amides is 2. The van der Waals surface area contributed by atoms with Gasteiger partial charge in [0.25, 0.3) is 0 Å². The first-order valence-electron chi connectivity index (χ1n) is 5.98. The van der Waals surface area contributed by atoms with Crippen molar-refractivity contribution in [3.8, 4) is 0 Å². The Hall–Kier alpha value is -0.590. The highest BCUT2D eigenvalue weighted by atomic mass is 79.9. The van der Waals surface area contributed by atoms with Gasteiger partial charge in [-0.25, -0.2) is 4.79 Å². The molecule has 18 heavy (non-hydrogen) atoms. The largest absolute Gasteiger partial charge is 0.396 e. The molecule has 6 heteroatoms. The molecule has 0 radical (unpaired) electrons. The van der Waals surface area contributed by atoms with Gasteiger partial charge in [0.05, 0.1) is 3.79 Å². The summed E-state index contributed by atoms with van der Waals surface area (Å²) < 4.78 is 1.11. The number of nitrogens with one attached hydrogen (secondary N) is 2. The van der Waals surface area contributed by atoms with Gasteiger partial charge in [-0.15, -0.1) is 11.3 Å². The number of urea groups is 1. The van der Waals surface area contributed by atoms with Gasteiger partial charge in [0.15, 0.2) is 0 Å². The first kappa shape index (κ1) is 15.5. The number of hydrogen-bond donors (Lipinski definition) is 3. The van der Waals surface area contributed by atoms with Crippen molar-refractivity contribution in [2.24, 2.45) is 5.92 Å². The molecule has 0 aliphatic carbocycles. The quantitative estimate of drug-likeness (QED) is 0.716. The van der Waals surface area contributed by atoms with E-state index in [2.05, 4.69) is 32.6 Å². The number of thiophene rings is 1. The molecule has 1 heterocycles. The highest BCUT2D eigenvalue weighted by molar-refractivity contribution is 9.11. The van der Waals surface area contributed by atoms with Crippen LogP contribution in [0.4, 0.5) is 4.79 Å². The van der Waals surface area contributed by atoms with E-state index >= 15 is 0 Å². The second-order valence-electron chi connectivity index (χ2n) is 4.21. The summed E-state index contributed by atoms with van der Waals surface area (Å²) in [7, 11) is 0. The van der Waals surface area contributed by atoms with Gasteiger partial charge in [0.1, 0.15) is 0 Å². The fourth-order valence-corrected chi connectivity index (χ4v) is 2.92. The Balaban J connectivity index is 2.10. The van der Waals surface area contributed by atoms with Crippen LogP contribution in [-0.4, -0.2) is 30.8 Å². The van der Waals surface area contributed by atoms with Gasteiger partial charge in [-0.05, 0) is 46.8 Å². The molecular formula is C12H19BrN2O2S. The maximum absolute atomic E-state index is 11.5. The van der Waals surface area contributed by atoms with Crippen LogP contribution < -0.4 is 10.6 Å². The molecule has 0 saturated heterocycles. The van der Waals surface area contributed by atoms with Crippen LogP contribution >= 0.6 is 27.3 Å². The van der Waals surface area contributed by atoms with Crippen molar-refractivity contribution in [1.29, 1.82) is 0 Å². The molecule has 1 atom stereocenters. The van der Waals surface area contributed by atoms with E-state index in [0.29, 0.717) is 25.4 Å². The monoisotopic (exact) mass is 334 g/mol. The van der Waals surface area contributed by atoms with Crippen molar-refractivity contribution in [2.45, 2.75) is 19.8 Å². The van der Waals surface area contributed by atoms with Crippen molar-refractivity contribution < 1.29 is 9.90 Å². The zero-order valence-electron chi connectivity index (χ0n) is 10.4. The summed E-state index contributed by atoms with van der Waals surface area (Å²) in [6.45, 7) is 3.39. The topological polar surface area (TPSA) is 61.4 Å². The van der Waals surface area contributed by atoms with Crippen LogP contribution in [0.25, 0.3) is 0 Å². The Morgan fingerprint density at radius 3 is 2.89 bits per heavy atom. The normalized spacial score (nSPS) is 12.2. The predicted molar refractivity (Wildman–Crippen MR) is 78.0 cm³/mol. The van der Waals surface area contributed by atoms with Gasteiger partial charge in [0, 0.05) is 24.6 Å². The molecule has 0 saturated carbocycles. The van der Waals surface area contributed by atoms with Gasteiger partial charge in [0.2, 0.25) is 0 Å². The summed E-state index contributed by atoms with van der Waals surface area (Å²) in [4.78, 5) is 12.7. The van der Waals surface area contributed by atoms with Crippen molar-refractivity contribution in [1.82, 2.24) is 10.6 Å². The van der Waals surface area contributed by atoms with Gasteiger partial charge < -0.3 is 15.7 Å². The third kappa shape index (κ3) is 6.37. The molecule has 102 valence electrons. The van der Waals surface area contributed by atoms with Gasteiger partial charge in [-0.3, -0.25) is 0 Å². The first-order valence-corrected chi connectivity index (χ1v) is 7.59. The fraction of sp³-hybridized carbons (Fsp3) is 0.583. The lowest BCUT2D eigenvalue weighted by molar-refractivity contribution is 0.234. The SMILES string of the molecule is CC(CCO)CNC(=O)NCCc1ccc(Br)s1. The van der Waals surface area contributed by atoms with Crippen LogP contribution in [0, 0.1) is 5.92 Å². The number of carbonyl (C=O) groups is 1. The summed E-state index contributed by atoms with van der Waals surface area (Å²) in [6, 6.07) is 3.92. The number of halogens is 1. The van der Waals surface area contributed by atoms with E-state index in [-0.39, 0.29) is 12.6 Å². The van der Waals surface area contributed by atoms with Crippen LogP contribution in [0.3, 0.4) is 0 Å². The predicted octanol–water partition coefficient (Wildman–Crippen LogP) is 2.37. The van der Waals surface area contributed by atoms with E-state index in [1.54, 1.807) is 11.3 Å². The average molecular weight is 335 g/mol. The lowest BCUT2D eigenvalue weighted by Gasteiger charge is -2.11. The van der Waals surface area contributed by atoms with Crippen LogP contribution in [0.2, 0.25) is 0 Å². The van der Waals surface area contributed by atoms with Crippen molar-refractivity contribution >= 4 is 33.3 Å². The second-order valence-corrected chi connectivity index (χ2v) is 6.76. The lowest BCUT2D eigenvalue weighted by Crippen LogP contribution is -2.38. The molecule has 0 spiro atoms. The van der Waals surface area contributed by atoms with Gasteiger partial charge >= 0.3 is 6.03 Å². The minimum absolute atomic E-state index is 0.143. The first-order chi connectivity index (χ1) is 8.61. The highest BCUT2D eigenvalue weighted by Crippen LogP contribution is 2.21. The Morgan fingerprint density at radius 1 is 1.50 bits per heavy atom. The van der Waals surface area contributed by atoms with Gasteiger partial charge in [-0.2, -0.15) is 0 Å². The Morgan fingerprint density at radius 2 is 2.28 bits per heavy atom. The number of aliphatic hydroxyl groups excluding tert-OH is 1. The summed E-state index contributed by atoms with van der Waals surface area (Å²) in [5.74, 6) is 0.300. The molecule has 3 N–H and O–H groups in total. The van der Waals surface area contributed by atoms with E-state index < -0.39 is 0 Å². The van der Waals surface area contributed by atoms with E-state index in [9.17, 15) is 4.79 Å². The summed E-state index contributed by atoms with van der Waals surface area (Å²) in [6.07, 6.45) is 1.55. The molecule has 2 amide bonds. The molecule has 1 aromatic heterocycles. The minimum Gasteiger partial charge on any atom is -0.396 e. The summed E-state index contributed by atoms with van der Waals surface area (Å²) >= 11 is 5.09. The molecular weight excluding hydrogens is 316 g/mol. The molecule has 0 fully saturated rings. The zero-order valence-corrected chi connectivity index (χ0v) is 12.8. The molecule has 0 aromatic carbocycles. The lowest BCUT2D eigenvalue weighted by atomic mass is 10.1. The fourth-order valence-electron chi connectivity index (χ4n) is 1.44. The Bertz CT molecular complexity index is 371. The smallest absolute Gasteiger partial charge is 0.314 e. The molecule has 1 unspecified atom stereocenters. The zero-order chi connectivity index (χ0) is 13.4. The van der Waals surface area contributed by atoms with E-state index in [1.807, 2.05) is 13.0 Å². The molecule has 0 aliphatic heterocycles. The van der Waals surface area contributed by atoms with Crippen LogP contribution in [0.5, 0.6) is 0 Å². The maximum Gasteiger partial charge on any atom is 0.314 e. The van der Waals surface area contributed by atoms with Crippen LogP contribution in [0.15, 0.2) is 15.9 Å². The maximum atomic E-state index is 11.5. The van der Waals surface area contributed by atoms with Crippen molar-refractivity contribution in [3.05, 3.63) is 20.8 Å². The van der Waals surface area contributed by atoms with Crippen molar-refractivity contribution in [3.63, 3.8) is 0 Å². The average Bonchev–Trinajstić information content (AvgIpc) is 2.73.